The average molecular weight is 158 g/mol. The van der Waals surface area contributed by atoms with Crippen molar-refractivity contribution in [1.82, 2.24) is 4.84 Å². The van der Waals surface area contributed by atoms with E-state index in [-0.39, 0.29) is 12.4 Å². The number of rotatable bonds is 3. The molecule has 0 spiro atoms. The summed E-state index contributed by atoms with van der Waals surface area (Å²) in [4.78, 5) is 2.64. The molecule has 0 aliphatic rings. The van der Waals surface area contributed by atoms with Crippen molar-refractivity contribution in [3.8, 4) is 0 Å². The second-order valence-electron chi connectivity index (χ2n) is 1.80. The van der Waals surface area contributed by atoms with Crippen LogP contribution in [0.5, 0.6) is 0 Å². The summed E-state index contributed by atoms with van der Waals surface area (Å²) >= 11 is 5.28. The minimum Gasteiger partial charge on any atom is -0.231 e. The van der Waals surface area contributed by atoms with Crippen LogP contribution in [0.25, 0.3) is 0 Å². The Labute approximate surface area is 62.3 Å². The molecule has 8 heavy (non-hydrogen) atoms. The van der Waals surface area contributed by atoms with Gasteiger partial charge in [-0.1, -0.05) is 13.3 Å². The van der Waals surface area contributed by atoms with Crippen LogP contribution in [0.2, 0.25) is 0 Å². The van der Waals surface area contributed by atoms with Crippen LogP contribution in [0.3, 0.4) is 0 Å². The summed E-state index contributed by atoms with van der Waals surface area (Å²) in [6, 6.07) is 0.465. The monoisotopic (exact) mass is 157 g/mol. The van der Waals surface area contributed by atoms with E-state index in [0.29, 0.717) is 6.04 Å². The largest absolute Gasteiger partial charge is 0.231 e. The van der Waals surface area contributed by atoms with Gasteiger partial charge in [0, 0.05) is 6.04 Å². The van der Waals surface area contributed by atoms with E-state index in [0.717, 1.165) is 6.42 Å². The first-order valence-electron chi connectivity index (χ1n) is 2.67. The molecule has 0 aliphatic carbocycles. The van der Waals surface area contributed by atoms with Gasteiger partial charge in [0.15, 0.2) is 0 Å². The number of nitrogens with one attached hydrogen (secondary N) is 1. The van der Waals surface area contributed by atoms with E-state index in [1.54, 1.807) is 0 Å². The summed E-state index contributed by atoms with van der Waals surface area (Å²) in [7, 11) is 0. The molecule has 0 aromatic heterocycles. The molecule has 0 aliphatic heterocycles. The van der Waals surface area contributed by atoms with Gasteiger partial charge in [0.2, 0.25) is 0 Å². The lowest BCUT2D eigenvalue weighted by atomic mass is 10.2. The van der Waals surface area contributed by atoms with Gasteiger partial charge in [-0.3, -0.25) is 0 Å². The zero-order valence-corrected chi connectivity index (χ0v) is 6.85. The Morgan fingerprint density at radius 3 is 2.25 bits per heavy atom. The maximum atomic E-state index is 5.28. The quantitative estimate of drug-likeness (QED) is 0.621. The van der Waals surface area contributed by atoms with Crippen LogP contribution in [0.4, 0.5) is 0 Å². The molecule has 0 saturated heterocycles. The van der Waals surface area contributed by atoms with Crippen LogP contribution < -0.4 is 4.84 Å². The third-order valence-electron chi connectivity index (χ3n) is 0.908. The second kappa shape index (κ2) is 7.54. The van der Waals surface area contributed by atoms with Crippen molar-refractivity contribution in [2.75, 3.05) is 0 Å². The summed E-state index contributed by atoms with van der Waals surface area (Å²) in [6.07, 6.45) is 2.35. The van der Waals surface area contributed by atoms with E-state index in [4.69, 9.17) is 11.8 Å². The molecular weight excluding hydrogens is 145 g/mol. The van der Waals surface area contributed by atoms with E-state index in [1.807, 2.05) is 0 Å². The Morgan fingerprint density at radius 2 is 2.12 bits per heavy atom. The Kier molecular flexibility index (Phi) is 10.7. The van der Waals surface area contributed by atoms with Gasteiger partial charge in [-0.25, -0.2) is 4.84 Å². The average Bonchev–Trinajstić information content (AvgIpc) is 1.68. The van der Waals surface area contributed by atoms with Gasteiger partial charge in [0.05, 0.1) is 0 Å². The highest BCUT2D eigenvalue weighted by molar-refractivity contribution is 6.13. The van der Waals surface area contributed by atoms with E-state index in [2.05, 4.69) is 18.7 Å². The van der Waals surface area contributed by atoms with E-state index < -0.39 is 0 Å². The Bertz CT molecular complexity index is 41.4. The molecule has 0 aromatic carbocycles. The van der Waals surface area contributed by atoms with Gasteiger partial charge >= 0.3 is 0 Å². The van der Waals surface area contributed by atoms with Crippen LogP contribution in [-0.4, -0.2) is 6.04 Å². The topological polar surface area (TPSA) is 12.0 Å². The molecule has 0 aromatic rings. The molecule has 0 saturated carbocycles. The molecule has 0 amide bonds. The van der Waals surface area contributed by atoms with Crippen molar-refractivity contribution in [2.45, 2.75) is 32.7 Å². The fourth-order valence-electron chi connectivity index (χ4n) is 0.488. The van der Waals surface area contributed by atoms with Crippen molar-refractivity contribution in [3.05, 3.63) is 0 Å². The highest BCUT2D eigenvalue weighted by Crippen LogP contribution is 1.93. The first-order chi connectivity index (χ1) is 3.31. The zero-order valence-electron chi connectivity index (χ0n) is 5.28. The lowest BCUT2D eigenvalue weighted by Gasteiger charge is -2.02. The Hall–Kier alpha value is 0.540. The number of hydrogen-bond donors (Lipinski definition) is 1. The highest BCUT2D eigenvalue weighted by Gasteiger charge is 1.92. The van der Waals surface area contributed by atoms with Crippen molar-refractivity contribution in [2.24, 2.45) is 0 Å². The number of hydrogen-bond acceptors (Lipinski definition) is 1. The van der Waals surface area contributed by atoms with Gasteiger partial charge in [0.1, 0.15) is 0 Å². The van der Waals surface area contributed by atoms with Crippen LogP contribution in [-0.2, 0) is 0 Å². The fourth-order valence-corrected chi connectivity index (χ4v) is 0.597. The first-order valence-corrected chi connectivity index (χ1v) is 3.05. The molecule has 0 bridgehead atoms. The molecule has 0 radical (unpaired) electrons. The van der Waals surface area contributed by atoms with Crippen molar-refractivity contribution < 1.29 is 0 Å². The predicted molar refractivity (Wildman–Crippen MR) is 40.6 cm³/mol. The van der Waals surface area contributed by atoms with Crippen molar-refractivity contribution >= 4 is 24.2 Å². The van der Waals surface area contributed by atoms with Crippen molar-refractivity contribution in [1.29, 1.82) is 0 Å². The fraction of sp³-hybridized carbons (Fsp3) is 1.00. The summed E-state index contributed by atoms with van der Waals surface area (Å²) < 4.78 is 0. The van der Waals surface area contributed by atoms with Crippen LogP contribution in [0.15, 0.2) is 0 Å². The Balaban J connectivity index is 0. The van der Waals surface area contributed by atoms with Gasteiger partial charge in [0.25, 0.3) is 0 Å². The minimum atomic E-state index is 0. The van der Waals surface area contributed by atoms with Crippen molar-refractivity contribution in [3.63, 3.8) is 0 Å². The standard InChI is InChI=1S/C5H12ClN.ClH/c1-3-4-5(2)7-6;/h5,7H,3-4H2,1-2H3;1H. The van der Waals surface area contributed by atoms with Crippen LogP contribution in [0.1, 0.15) is 26.7 Å². The third-order valence-corrected chi connectivity index (χ3v) is 1.28. The van der Waals surface area contributed by atoms with E-state index in [9.17, 15) is 0 Å². The van der Waals surface area contributed by atoms with Crippen LogP contribution >= 0.6 is 24.2 Å². The molecule has 1 nitrogen and oxygen atoms in total. The first kappa shape index (κ1) is 11.4. The van der Waals surface area contributed by atoms with Gasteiger partial charge < -0.3 is 0 Å². The maximum absolute atomic E-state index is 5.28. The lowest BCUT2D eigenvalue weighted by Crippen LogP contribution is -2.14. The minimum absolute atomic E-state index is 0. The highest BCUT2D eigenvalue weighted by atomic mass is 35.5. The molecule has 1 unspecified atom stereocenters. The predicted octanol–water partition coefficient (Wildman–Crippen LogP) is 2.34. The molecule has 0 fully saturated rings. The number of halogens is 2. The van der Waals surface area contributed by atoms with Gasteiger partial charge in [-0.2, -0.15) is 0 Å². The Morgan fingerprint density at radius 1 is 1.62 bits per heavy atom. The smallest absolute Gasteiger partial charge is 0.0192 e. The molecule has 3 heteroatoms. The van der Waals surface area contributed by atoms with E-state index in [1.165, 1.54) is 6.42 Å². The van der Waals surface area contributed by atoms with Gasteiger partial charge in [-0.15, -0.1) is 12.4 Å². The summed E-state index contributed by atoms with van der Waals surface area (Å²) in [5.74, 6) is 0. The third kappa shape index (κ3) is 6.54. The van der Waals surface area contributed by atoms with E-state index >= 15 is 0 Å². The second-order valence-corrected chi connectivity index (χ2v) is 2.02. The summed E-state index contributed by atoms with van der Waals surface area (Å²) in [5.41, 5.74) is 0. The molecule has 1 N–H and O–H groups in total. The van der Waals surface area contributed by atoms with Gasteiger partial charge in [-0.05, 0) is 25.1 Å². The molecular formula is C5H13Cl2N. The molecule has 52 valence electrons. The SMILES string of the molecule is CCCC(C)NCl.Cl. The molecule has 0 heterocycles. The summed E-state index contributed by atoms with van der Waals surface area (Å²) in [5, 5.41) is 0. The zero-order chi connectivity index (χ0) is 5.70. The normalized spacial score (nSPS) is 12.4. The lowest BCUT2D eigenvalue weighted by molar-refractivity contribution is 0.612. The molecule has 1 atom stereocenters. The van der Waals surface area contributed by atoms with Crippen LogP contribution in [0, 0.1) is 0 Å². The molecule has 0 rings (SSSR count). The maximum Gasteiger partial charge on any atom is 0.0192 e. The summed E-state index contributed by atoms with van der Waals surface area (Å²) in [6.45, 7) is 4.21.